The highest BCUT2D eigenvalue weighted by Crippen LogP contribution is 2.10. The van der Waals surface area contributed by atoms with Crippen molar-refractivity contribution >= 4 is 50.9 Å². The predicted octanol–water partition coefficient (Wildman–Crippen LogP) is 6.35. The quantitative estimate of drug-likeness (QED) is 0.244. The number of rotatable bonds is 11. The molecule has 0 unspecified atom stereocenters. The minimum atomic E-state index is 0. The lowest BCUT2D eigenvalue weighted by atomic mass is 10.1. The molecule has 0 aliphatic rings. The molecular formula is C15H37Br3N+. The topological polar surface area (TPSA) is 0 Å². The van der Waals surface area contributed by atoms with Crippen LogP contribution in [0, 0.1) is 0 Å². The van der Waals surface area contributed by atoms with E-state index in [2.05, 4.69) is 28.1 Å². The summed E-state index contributed by atoms with van der Waals surface area (Å²) in [7, 11) is 6.86. The Morgan fingerprint density at radius 2 is 0.842 bits per heavy atom. The molecule has 0 aromatic rings. The van der Waals surface area contributed by atoms with E-state index in [-0.39, 0.29) is 50.9 Å². The Balaban J connectivity index is -0.000000375. The zero-order valence-electron chi connectivity index (χ0n) is 13.5. The van der Waals surface area contributed by atoms with E-state index in [1.165, 1.54) is 70.8 Å². The van der Waals surface area contributed by atoms with E-state index in [1.54, 1.807) is 0 Å². The molecule has 0 bridgehead atoms. The van der Waals surface area contributed by atoms with Crippen molar-refractivity contribution in [3.63, 3.8) is 0 Å². The number of nitrogens with zero attached hydrogens (tertiary/aromatic N) is 1. The third-order valence-electron chi connectivity index (χ3n) is 3.18. The van der Waals surface area contributed by atoms with Gasteiger partial charge in [-0.15, -0.1) is 50.9 Å². The van der Waals surface area contributed by atoms with Crippen molar-refractivity contribution in [2.24, 2.45) is 0 Å². The highest BCUT2D eigenvalue weighted by Gasteiger charge is 2.04. The van der Waals surface area contributed by atoms with Crippen molar-refractivity contribution in [3.8, 4) is 0 Å². The Kier molecular flexibility index (Phi) is 29.1. The maximum absolute atomic E-state index is 2.29. The first-order valence-corrected chi connectivity index (χ1v) is 7.36. The number of hydrogen-bond acceptors (Lipinski definition) is 0. The van der Waals surface area contributed by atoms with Crippen LogP contribution < -0.4 is 0 Å². The summed E-state index contributed by atoms with van der Waals surface area (Å²) < 4.78 is 1.12. The van der Waals surface area contributed by atoms with Gasteiger partial charge in [0.25, 0.3) is 0 Å². The van der Waals surface area contributed by atoms with Gasteiger partial charge in [0.2, 0.25) is 0 Å². The molecule has 0 heterocycles. The first-order chi connectivity index (χ1) is 7.56. The molecule has 0 saturated carbocycles. The van der Waals surface area contributed by atoms with E-state index in [0.29, 0.717) is 0 Å². The molecule has 0 rings (SSSR count). The fraction of sp³-hybridized carbons (Fsp3) is 1.00. The SMILES string of the molecule is Br.Br.Br.CCCCCCCCCCCC[N+](C)(C)C. The molecule has 0 amide bonds. The highest BCUT2D eigenvalue weighted by molar-refractivity contribution is 8.93. The Bertz CT molecular complexity index is 147. The summed E-state index contributed by atoms with van der Waals surface area (Å²) >= 11 is 0. The molecule has 4 heteroatoms. The number of hydrogen-bond donors (Lipinski definition) is 0. The summed E-state index contributed by atoms with van der Waals surface area (Å²) in [5, 5.41) is 0. The third kappa shape index (κ3) is 28.3. The number of unbranched alkanes of at least 4 members (excludes halogenated alkanes) is 9. The van der Waals surface area contributed by atoms with Crippen molar-refractivity contribution in [2.75, 3.05) is 27.7 Å². The molecule has 1 nitrogen and oxygen atoms in total. The van der Waals surface area contributed by atoms with Gasteiger partial charge in [-0.05, 0) is 12.8 Å². The monoisotopic (exact) mass is 468 g/mol. The second kappa shape index (κ2) is 19.4. The normalized spacial score (nSPS) is 10.1. The smallest absolute Gasteiger partial charge is 0.0780 e. The molecular weight excluding hydrogens is 434 g/mol. The minimum absolute atomic E-state index is 0. The van der Waals surface area contributed by atoms with E-state index >= 15 is 0 Å². The van der Waals surface area contributed by atoms with Gasteiger partial charge in [0.05, 0.1) is 27.7 Å². The molecule has 0 atom stereocenters. The Morgan fingerprint density at radius 3 is 1.16 bits per heavy atom. The van der Waals surface area contributed by atoms with Gasteiger partial charge in [-0.3, -0.25) is 0 Å². The zero-order valence-corrected chi connectivity index (χ0v) is 18.6. The zero-order chi connectivity index (χ0) is 12.3. The van der Waals surface area contributed by atoms with E-state index in [0.717, 1.165) is 4.48 Å². The third-order valence-corrected chi connectivity index (χ3v) is 3.18. The van der Waals surface area contributed by atoms with Gasteiger partial charge in [-0.1, -0.05) is 58.3 Å². The summed E-state index contributed by atoms with van der Waals surface area (Å²) in [6, 6.07) is 0. The summed E-state index contributed by atoms with van der Waals surface area (Å²) in [4.78, 5) is 0. The van der Waals surface area contributed by atoms with Crippen LogP contribution in [0.1, 0.15) is 71.1 Å². The van der Waals surface area contributed by atoms with Crippen LogP contribution in [0.5, 0.6) is 0 Å². The van der Waals surface area contributed by atoms with Crippen molar-refractivity contribution in [1.82, 2.24) is 0 Å². The average Bonchev–Trinajstić information content (AvgIpc) is 2.19. The van der Waals surface area contributed by atoms with Gasteiger partial charge >= 0.3 is 0 Å². The van der Waals surface area contributed by atoms with Crippen LogP contribution in [0.15, 0.2) is 0 Å². The molecule has 0 aliphatic carbocycles. The van der Waals surface area contributed by atoms with Crippen LogP contribution in [0.25, 0.3) is 0 Å². The van der Waals surface area contributed by atoms with Crippen molar-refractivity contribution in [1.29, 1.82) is 0 Å². The van der Waals surface area contributed by atoms with Crippen LogP contribution in [0.3, 0.4) is 0 Å². The fourth-order valence-electron chi connectivity index (χ4n) is 2.07. The predicted molar refractivity (Wildman–Crippen MR) is 106 cm³/mol. The lowest BCUT2D eigenvalue weighted by molar-refractivity contribution is -0.870. The van der Waals surface area contributed by atoms with E-state index in [1.807, 2.05) is 0 Å². The molecule has 0 spiro atoms. The lowest BCUT2D eigenvalue weighted by Gasteiger charge is -2.23. The van der Waals surface area contributed by atoms with E-state index in [4.69, 9.17) is 0 Å². The summed E-state index contributed by atoms with van der Waals surface area (Å²) in [5.41, 5.74) is 0. The lowest BCUT2D eigenvalue weighted by Crippen LogP contribution is -2.35. The molecule has 0 aromatic carbocycles. The van der Waals surface area contributed by atoms with Gasteiger partial charge in [0.15, 0.2) is 0 Å². The van der Waals surface area contributed by atoms with Crippen molar-refractivity contribution in [2.45, 2.75) is 71.1 Å². The van der Waals surface area contributed by atoms with Gasteiger partial charge in [0.1, 0.15) is 0 Å². The Morgan fingerprint density at radius 1 is 0.526 bits per heavy atom. The minimum Gasteiger partial charge on any atom is -0.331 e. The number of halogens is 3. The van der Waals surface area contributed by atoms with Crippen LogP contribution in [0.2, 0.25) is 0 Å². The average molecular weight is 471 g/mol. The molecule has 19 heavy (non-hydrogen) atoms. The largest absolute Gasteiger partial charge is 0.331 e. The second-order valence-corrected chi connectivity index (χ2v) is 6.20. The first-order valence-electron chi connectivity index (χ1n) is 7.36. The molecule has 0 saturated heterocycles. The van der Waals surface area contributed by atoms with Crippen LogP contribution in [0.4, 0.5) is 0 Å². The van der Waals surface area contributed by atoms with Crippen molar-refractivity contribution in [3.05, 3.63) is 0 Å². The van der Waals surface area contributed by atoms with E-state index in [9.17, 15) is 0 Å². The van der Waals surface area contributed by atoms with Gasteiger partial charge in [-0.2, -0.15) is 0 Å². The van der Waals surface area contributed by atoms with Crippen LogP contribution in [-0.4, -0.2) is 32.2 Å². The summed E-state index contributed by atoms with van der Waals surface area (Å²) in [6.45, 7) is 3.62. The molecule has 0 aliphatic heterocycles. The maximum Gasteiger partial charge on any atom is 0.0780 e. The Labute approximate surface area is 153 Å². The molecule has 0 N–H and O–H groups in total. The number of quaternary nitrogens is 1. The molecule has 0 aromatic heterocycles. The van der Waals surface area contributed by atoms with Gasteiger partial charge < -0.3 is 4.48 Å². The maximum atomic E-state index is 2.29. The molecule has 0 fully saturated rings. The second-order valence-electron chi connectivity index (χ2n) is 6.20. The summed E-state index contributed by atoms with van der Waals surface area (Å²) in [5.74, 6) is 0. The summed E-state index contributed by atoms with van der Waals surface area (Å²) in [6.07, 6.45) is 14.4. The Hall–Kier alpha value is 1.40. The fourth-order valence-corrected chi connectivity index (χ4v) is 2.07. The highest BCUT2D eigenvalue weighted by atomic mass is 79.9. The standard InChI is InChI=1S/C15H34N.3BrH/c1-5-6-7-8-9-10-11-12-13-14-15-16(2,3)4;;;/h5-15H2,1-4H3;3*1H/q+1;;;. The van der Waals surface area contributed by atoms with Crippen LogP contribution >= 0.6 is 50.9 Å². The van der Waals surface area contributed by atoms with Crippen LogP contribution in [-0.2, 0) is 0 Å². The molecule has 122 valence electrons. The van der Waals surface area contributed by atoms with Gasteiger partial charge in [-0.25, -0.2) is 0 Å². The molecule has 0 radical (unpaired) electrons. The van der Waals surface area contributed by atoms with Gasteiger partial charge in [0, 0.05) is 0 Å². The van der Waals surface area contributed by atoms with E-state index < -0.39 is 0 Å². The first kappa shape index (κ1) is 28.5. The van der Waals surface area contributed by atoms with Crippen molar-refractivity contribution < 1.29 is 4.48 Å².